The predicted molar refractivity (Wildman–Crippen MR) is 62.8 cm³/mol. The molecule has 96 valence electrons. The van der Waals surface area contributed by atoms with Crippen molar-refractivity contribution in [1.82, 2.24) is 4.98 Å². The number of aryl methyl sites for hydroxylation is 2. The molecule has 0 saturated carbocycles. The van der Waals surface area contributed by atoms with Crippen molar-refractivity contribution < 1.29 is 18.0 Å². The highest BCUT2D eigenvalue weighted by Crippen LogP contribution is 2.37. The lowest BCUT2D eigenvalue weighted by Crippen LogP contribution is -2.10. The van der Waals surface area contributed by atoms with Crippen LogP contribution < -0.4 is 0 Å². The second-order valence-electron chi connectivity index (χ2n) is 4.43. The smallest absolute Gasteiger partial charge is 0.350 e. The van der Waals surface area contributed by atoms with Gasteiger partial charge in [0, 0.05) is 10.9 Å². The van der Waals surface area contributed by atoms with Crippen LogP contribution in [0.1, 0.15) is 34.1 Å². The normalized spacial score (nSPS) is 12.1. The van der Waals surface area contributed by atoms with Gasteiger partial charge in [-0.05, 0) is 38.0 Å². The quantitative estimate of drug-likeness (QED) is 0.767. The Morgan fingerprint density at radius 3 is 2.33 bits per heavy atom. The Bertz CT molecular complexity index is 638. The Morgan fingerprint density at radius 2 is 1.83 bits per heavy atom. The van der Waals surface area contributed by atoms with Gasteiger partial charge in [0.2, 0.25) is 0 Å². The lowest BCUT2D eigenvalue weighted by atomic mass is 10.0. The Morgan fingerprint density at radius 1 is 1.22 bits per heavy atom. The number of nitrogens with one attached hydrogen (secondary N) is 1. The number of carbonyl (C=O) groups is 1. The zero-order valence-corrected chi connectivity index (χ0v) is 10.2. The maximum absolute atomic E-state index is 12.9. The molecule has 0 saturated heterocycles. The van der Waals surface area contributed by atoms with E-state index < -0.39 is 17.7 Å². The van der Waals surface area contributed by atoms with Crippen molar-refractivity contribution in [2.45, 2.75) is 26.9 Å². The lowest BCUT2D eigenvalue weighted by molar-refractivity contribution is -0.140. The lowest BCUT2D eigenvalue weighted by Gasteiger charge is -2.06. The fourth-order valence-corrected chi connectivity index (χ4v) is 2.28. The number of hydrogen-bond donors (Lipinski definition) is 1. The summed E-state index contributed by atoms with van der Waals surface area (Å²) in [7, 11) is 0. The molecule has 1 heterocycles. The summed E-state index contributed by atoms with van der Waals surface area (Å²) in [5.41, 5.74) is 0.644. The summed E-state index contributed by atoms with van der Waals surface area (Å²) in [5.74, 6) is -0.583. The molecule has 0 unspecified atom stereocenters. The summed E-state index contributed by atoms with van der Waals surface area (Å²) in [6.45, 7) is 4.65. The highest BCUT2D eigenvalue weighted by atomic mass is 19.4. The van der Waals surface area contributed by atoms with E-state index in [1.54, 1.807) is 26.0 Å². The average Bonchev–Trinajstić information content (AvgIpc) is 2.55. The minimum Gasteiger partial charge on any atom is -0.350 e. The fraction of sp³-hybridized carbons (Fsp3) is 0.308. The first-order chi connectivity index (χ1) is 8.21. The molecule has 0 spiro atoms. The van der Waals surface area contributed by atoms with Gasteiger partial charge in [0.05, 0.1) is 5.56 Å². The zero-order chi connectivity index (χ0) is 13.7. The number of fused-ring (bicyclic) bond motifs is 1. The van der Waals surface area contributed by atoms with Gasteiger partial charge in [-0.15, -0.1) is 0 Å². The molecule has 1 aromatic carbocycles. The number of benzene rings is 1. The van der Waals surface area contributed by atoms with Crippen molar-refractivity contribution in [3.05, 3.63) is 34.5 Å². The molecule has 2 rings (SSSR count). The Kier molecular flexibility index (Phi) is 2.72. The van der Waals surface area contributed by atoms with E-state index in [0.29, 0.717) is 16.5 Å². The molecule has 0 bridgehead atoms. The predicted octanol–water partition coefficient (Wildman–Crippen LogP) is 4.01. The van der Waals surface area contributed by atoms with Crippen LogP contribution in [0.25, 0.3) is 10.9 Å². The number of carbonyl (C=O) groups excluding carboxylic acids is 1. The minimum absolute atomic E-state index is 0.269. The van der Waals surface area contributed by atoms with E-state index >= 15 is 0 Å². The molecule has 1 aromatic heterocycles. The molecule has 5 heteroatoms. The third-order valence-corrected chi connectivity index (χ3v) is 2.88. The molecule has 1 N–H and O–H groups in total. The second kappa shape index (κ2) is 3.86. The van der Waals surface area contributed by atoms with E-state index in [-0.39, 0.29) is 5.56 Å². The number of alkyl halides is 3. The summed E-state index contributed by atoms with van der Waals surface area (Å²) in [4.78, 5) is 13.8. The highest BCUT2D eigenvalue weighted by Gasteiger charge is 2.38. The van der Waals surface area contributed by atoms with Crippen LogP contribution in [0, 0.1) is 13.8 Å². The van der Waals surface area contributed by atoms with Crippen LogP contribution >= 0.6 is 0 Å². The van der Waals surface area contributed by atoms with Gasteiger partial charge < -0.3 is 4.98 Å². The van der Waals surface area contributed by atoms with Gasteiger partial charge in [0.25, 0.3) is 0 Å². The number of rotatable bonds is 1. The van der Waals surface area contributed by atoms with Crippen LogP contribution in [-0.4, -0.2) is 10.8 Å². The van der Waals surface area contributed by atoms with Gasteiger partial charge in [-0.2, -0.15) is 13.2 Å². The number of ketones is 1. The van der Waals surface area contributed by atoms with Crippen LogP contribution in [0.4, 0.5) is 13.2 Å². The molecule has 0 atom stereocenters. The first-order valence-corrected chi connectivity index (χ1v) is 5.43. The molecule has 0 amide bonds. The summed E-state index contributed by atoms with van der Waals surface area (Å²) in [5, 5.41) is 0.362. The summed E-state index contributed by atoms with van der Waals surface area (Å²) < 4.78 is 38.7. The molecule has 18 heavy (non-hydrogen) atoms. The van der Waals surface area contributed by atoms with Crippen LogP contribution in [0.5, 0.6) is 0 Å². The molecule has 2 nitrogen and oxygen atoms in total. The maximum Gasteiger partial charge on any atom is 0.431 e. The maximum atomic E-state index is 12.9. The van der Waals surface area contributed by atoms with Crippen LogP contribution in [0.3, 0.4) is 0 Å². The average molecular weight is 255 g/mol. The molecule has 0 radical (unpaired) electrons. The number of H-pyrrole nitrogens is 1. The Labute approximate surface area is 102 Å². The number of Topliss-reactive ketones (excluding diaryl/α,β-unsaturated/α-hetero) is 1. The van der Waals surface area contributed by atoms with Crippen LogP contribution in [0.2, 0.25) is 0 Å². The second-order valence-corrected chi connectivity index (χ2v) is 4.43. The fourth-order valence-electron chi connectivity index (χ4n) is 2.28. The van der Waals surface area contributed by atoms with Crippen molar-refractivity contribution in [1.29, 1.82) is 0 Å². The molecule has 0 aliphatic carbocycles. The van der Waals surface area contributed by atoms with Crippen molar-refractivity contribution in [2.75, 3.05) is 0 Å². The van der Waals surface area contributed by atoms with Gasteiger partial charge in [-0.1, -0.05) is 6.07 Å². The molecule has 0 aliphatic heterocycles. The third kappa shape index (κ3) is 1.89. The highest BCUT2D eigenvalue weighted by molar-refractivity contribution is 6.09. The number of halogens is 3. The van der Waals surface area contributed by atoms with Gasteiger partial charge in [0.1, 0.15) is 5.69 Å². The van der Waals surface area contributed by atoms with Crippen molar-refractivity contribution in [3.8, 4) is 0 Å². The van der Waals surface area contributed by atoms with E-state index in [0.717, 1.165) is 12.5 Å². The number of aromatic nitrogens is 1. The molecular formula is C13H12F3NO. The van der Waals surface area contributed by atoms with E-state index in [4.69, 9.17) is 0 Å². The molecule has 0 aliphatic rings. The van der Waals surface area contributed by atoms with Gasteiger partial charge in [-0.25, -0.2) is 0 Å². The van der Waals surface area contributed by atoms with Gasteiger partial charge >= 0.3 is 6.18 Å². The van der Waals surface area contributed by atoms with E-state index in [1.165, 1.54) is 0 Å². The van der Waals surface area contributed by atoms with E-state index in [2.05, 4.69) is 4.98 Å². The summed E-state index contributed by atoms with van der Waals surface area (Å²) >= 11 is 0. The minimum atomic E-state index is -4.56. The van der Waals surface area contributed by atoms with E-state index in [1.807, 2.05) is 0 Å². The topological polar surface area (TPSA) is 32.9 Å². The molecular weight excluding hydrogens is 243 g/mol. The van der Waals surface area contributed by atoms with Crippen molar-refractivity contribution in [3.63, 3.8) is 0 Å². The molecule has 0 fully saturated rings. The zero-order valence-electron chi connectivity index (χ0n) is 10.2. The largest absolute Gasteiger partial charge is 0.431 e. The SMILES string of the molecule is CC(=O)c1c(C(F)(F)F)[nH]c2cc(C)cc(C)c12. The summed E-state index contributed by atoms with van der Waals surface area (Å²) in [6.07, 6.45) is -4.56. The van der Waals surface area contributed by atoms with Crippen LogP contribution in [-0.2, 0) is 6.18 Å². The monoisotopic (exact) mass is 255 g/mol. The number of aromatic amines is 1. The Hall–Kier alpha value is -1.78. The first kappa shape index (κ1) is 12.7. The molecule has 2 aromatic rings. The van der Waals surface area contributed by atoms with Crippen molar-refractivity contribution in [2.24, 2.45) is 0 Å². The summed E-state index contributed by atoms with van der Waals surface area (Å²) in [6, 6.07) is 3.38. The first-order valence-electron chi connectivity index (χ1n) is 5.43. The van der Waals surface area contributed by atoms with Crippen molar-refractivity contribution >= 4 is 16.7 Å². The van der Waals surface area contributed by atoms with Gasteiger partial charge in [-0.3, -0.25) is 4.79 Å². The Balaban J connectivity index is 2.93. The van der Waals surface area contributed by atoms with Crippen LogP contribution in [0.15, 0.2) is 12.1 Å². The standard InChI is InChI=1S/C13H12F3NO/c1-6-4-7(2)10-9(5-6)17-12(13(14,15)16)11(10)8(3)18/h4-5,17H,1-3H3. The third-order valence-electron chi connectivity index (χ3n) is 2.88. The number of hydrogen-bond acceptors (Lipinski definition) is 1. The van der Waals surface area contributed by atoms with E-state index in [9.17, 15) is 18.0 Å². The van der Waals surface area contributed by atoms with Gasteiger partial charge in [0.15, 0.2) is 5.78 Å².